The minimum absolute atomic E-state index is 0.190. The van der Waals surface area contributed by atoms with Gasteiger partial charge in [-0.1, -0.05) is 6.07 Å². The SMILES string of the molecule is COc1cc2c(cc1C(=O)NCCCN1CCC(F)CC1)oc1nc(-c3ccc(C4CCCN4)cc3F)cn12. The Kier molecular flexibility index (Phi) is 7.22. The molecule has 4 aromatic rings. The molecule has 0 radical (unpaired) electrons. The van der Waals surface area contributed by atoms with Crippen LogP contribution in [0, 0.1) is 5.82 Å². The summed E-state index contributed by atoms with van der Waals surface area (Å²) in [6.45, 7) is 3.80. The molecule has 4 heterocycles. The number of hydrogen-bond acceptors (Lipinski definition) is 6. The molecular formula is C29H33F2N5O3. The number of nitrogens with one attached hydrogen (secondary N) is 2. The van der Waals surface area contributed by atoms with Gasteiger partial charge < -0.3 is 24.7 Å². The molecule has 0 aliphatic carbocycles. The Balaban J connectivity index is 1.18. The molecular weight excluding hydrogens is 504 g/mol. The number of rotatable bonds is 8. The van der Waals surface area contributed by atoms with Crippen LogP contribution in [0.4, 0.5) is 8.78 Å². The first-order valence-corrected chi connectivity index (χ1v) is 13.7. The average Bonchev–Trinajstić information content (AvgIpc) is 3.68. The van der Waals surface area contributed by atoms with E-state index in [4.69, 9.17) is 9.15 Å². The Morgan fingerprint density at radius 2 is 2.08 bits per heavy atom. The largest absolute Gasteiger partial charge is 0.496 e. The third kappa shape index (κ3) is 5.23. The Bertz CT molecular complexity index is 1490. The Labute approximate surface area is 225 Å². The summed E-state index contributed by atoms with van der Waals surface area (Å²) in [6, 6.07) is 8.86. The summed E-state index contributed by atoms with van der Waals surface area (Å²) in [5.41, 5.74) is 3.32. The van der Waals surface area contributed by atoms with Crippen molar-refractivity contribution in [1.29, 1.82) is 0 Å². The van der Waals surface area contributed by atoms with Gasteiger partial charge >= 0.3 is 5.84 Å². The van der Waals surface area contributed by atoms with Crippen molar-refractivity contribution in [3.05, 3.63) is 53.5 Å². The quantitative estimate of drug-likeness (QED) is 0.312. The van der Waals surface area contributed by atoms with Crippen LogP contribution < -0.4 is 15.4 Å². The van der Waals surface area contributed by atoms with Crippen LogP contribution in [0.15, 0.2) is 40.9 Å². The standard InChI is InChI=1S/C29H33F2N5O3/c1-38-26-16-25-27(15-21(26)28(37)33-10-3-11-35-12-7-19(30)8-13-35)39-29-34-24(17-36(25)29)20-6-5-18(14-22(20)31)23-4-2-9-32-23/h5-6,14-17,19,23,32H,2-4,7-13H2,1H3,(H,33,37). The lowest BCUT2D eigenvalue weighted by Gasteiger charge is -2.28. The normalized spacial score (nSPS) is 18.8. The number of hydrogen-bond donors (Lipinski definition) is 2. The van der Waals surface area contributed by atoms with Gasteiger partial charge in [0, 0.05) is 43.5 Å². The fourth-order valence-corrected chi connectivity index (χ4v) is 5.65. The third-order valence-corrected chi connectivity index (χ3v) is 7.85. The van der Waals surface area contributed by atoms with Crippen molar-refractivity contribution in [1.82, 2.24) is 24.9 Å². The predicted octanol–water partition coefficient (Wildman–Crippen LogP) is 4.87. The highest BCUT2D eigenvalue weighted by Crippen LogP contribution is 2.32. The van der Waals surface area contributed by atoms with E-state index in [1.54, 1.807) is 34.9 Å². The first-order chi connectivity index (χ1) is 19.0. The van der Waals surface area contributed by atoms with Crippen molar-refractivity contribution >= 4 is 22.9 Å². The predicted molar refractivity (Wildman–Crippen MR) is 144 cm³/mol. The van der Waals surface area contributed by atoms with E-state index in [1.807, 2.05) is 6.07 Å². The summed E-state index contributed by atoms with van der Waals surface area (Å²) in [5.74, 6) is 0.125. The molecule has 2 aromatic carbocycles. The molecule has 206 valence electrons. The topological polar surface area (TPSA) is 84.0 Å². The van der Waals surface area contributed by atoms with Crippen LogP contribution in [0.5, 0.6) is 5.75 Å². The molecule has 2 aliphatic heterocycles. The molecule has 2 N–H and O–H groups in total. The van der Waals surface area contributed by atoms with Crippen molar-refractivity contribution in [2.45, 2.75) is 44.3 Å². The second kappa shape index (κ2) is 10.9. The maximum Gasteiger partial charge on any atom is 0.307 e. The summed E-state index contributed by atoms with van der Waals surface area (Å²) in [4.78, 5) is 19.7. The number of piperidine rings is 1. The van der Waals surface area contributed by atoms with E-state index in [-0.39, 0.29) is 17.8 Å². The number of nitrogens with zero attached hydrogens (tertiary/aromatic N) is 3. The number of aromatic nitrogens is 2. The number of ether oxygens (including phenoxy) is 1. The second-order valence-electron chi connectivity index (χ2n) is 10.4. The van der Waals surface area contributed by atoms with Crippen LogP contribution >= 0.6 is 0 Å². The molecule has 2 saturated heterocycles. The van der Waals surface area contributed by atoms with Crippen molar-refractivity contribution in [2.24, 2.45) is 0 Å². The molecule has 39 heavy (non-hydrogen) atoms. The van der Waals surface area contributed by atoms with Crippen molar-refractivity contribution in [2.75, 3.05) is 39.8 Å². The van der Waals surface area contributed by atoms with E-state index in [0.717, 1.165) is 51.0 Å². The molecule has 6 rings (SSSR count). The van der Waals surface area contributed by atoms with Gasteiger partial charge in [0.05, 0.1) is 23.9 Å². The zero-order valence-electron chi connectivity index (χ0n) is 22.0. The van der Waals surface area contributed by atoms with Crippen LogP contribution in [0.2, 0.25) is 0 Å². The van der Waals surface area contributed by atoms with Crippen LogP contribution in [0.3, 0.4) is 0 Å². The number of carbonyl (C=O) groups excluding carboxylic acids is 1. The fraction of sp³-hybridized carbons (Fsp3) is 0.448. The van der Waals surface area contributed by atoms with Crippen LogP contribution in [-0.2, 0) is 0 Å². The molecule has 1 amide bonds. The summed E-state index contributed by atoms with van der Waals surface area (Å²) in [6.07, 6.45) is 5.08. The zero-order chi connectivity index (χ0) is 26.9. The number of alkyl halides is 1. The van der Waals surface area contributed by atoms with Gasteiger partial charge in [-0.25, -0.2) is 8.78 Å². The monoisotopic (exact) mass is 537 g/mol. The van der Waals surface area contributed by atoms with E-state index in [9.17, 15) is 9.18 Å². The van der Waals surface area contributed by atoms with E-state index in [1.165, 1.54) is 7.11 Å². The molecule has 10 heteroatoms. The number of likely N-dealkylation sites (tertiary alicyclic amines) is 1. The molecule has 0 saturated carbocycles. The van der Waals surface area contributed by atoms with E-state index in [0.29, 0.717) is 58.9 Å². The number of imidazole rings is 1. The average molecular weight is 538 g/mol. The van der Waals surface area contributed by atoms with Crippen molar-refractivity contribution in [3.8, 4) is 17.0 Å². The van der Waals surface area contributed by atoms with E-state index < -0.39 is 6.17 Å². The minimum Gasteiger partial charge on any atom is -0.496 e. The number of oxazole rings is 1. The zero-order valence-corrected chi connectivity index (χ0v) is 22.0. The maximum absolute atomic E-state index is 15.1. The molecule has 2 aliphatic rings. The van der Waals surface area contributed by atoms with E-state index in [2.05, 4.69) is 20.5 Å². The summed E-state index contributed by atoms with van der Waals surface area (Å²) in [5, 5.41) is 6.34. The lowest BCUT2D eigenvalue weighted by molar-refractivity contribution is 0.0947. The van der Waals surface area contributed by atoms with Gasteiger partial charge in [0.2, 0.25) is 0 Å². The first-order valence-electron chi connectivity index (χ1n) is 13.7. The molecule has 8 nitrogen and oxygen atoms in total. The first kappa shape index (κ1) is 25.8. The van der Waals surface area contributed by atoms with Crippen molar-refractivity contribution in [3.63, 3.8) is 0 Å². The van der Waals surface area contributed by atoms with Gasteiger partial charge in [-0.15, -0.1) is 0 Å². The minimum atomic E-state index is -0.689. The number of benzene rings is 2. The van der Waals surface area contributed by atoms with Gasteiger partial charge in [-0.05, 0) is 69.0 Å². The summed E-state index contributed by atoms with van der Waals surface area (Å²) in [7, 11) is 1.51. The van der Waals surface area contributed by atoms with Gasteiger partial charge in [0.25, 0.3) is 5.91 Å². The Morgan fingerprint density at radius 3 is 2.82 bits per heavy atom. The number of methoxy groups -OCH3 is 1. The van der Waals surface area contributed by atoms with Gasteiger partial charge in [0.15, 0.2) is 5.58 Å². The molecule has 2 aromatic heterocycles. The Morgan fingerprint density at radius 1 is 1.23 bits per heavy atom. The number of carbonyl (C=O) groups is 1. The lowest BCUT2D eigenvalue weighted by Crippen LogP contribution is -2.36. The number of fused-ring (bicyclic) bond motifs is 3. The molecule has 2 fully saturated rings. The third-order valence-electron chi connectivity index (χ3n) is 7.85. The maximum atomic E-state index is 15.1. The Hall–Kier alpha value is -3.50. The van der Waals surface area contributed by atoms with Crippen molar-refractivity contribution < 1.29 is 22.7 Å². The fourth-order valence-electron chi connectivity index (χ4n) is 5.65. The van der Waals surface area contributed by atoms with Gasteiger partial charge in [-0.2, -0.15) is 4.98 Å². The summed E-state index contributed by atoms with van der Waals surface area (Å²) < 4.78 is 41.6. The van der Waals surface area contributed by atoms with Crippen LogP contribution in [0.25, 0.3) is 28.2 Å². The number of amides is 1. The van der Waals surface area contributed by atoms with Crippen LogP contribution in [0.1, 0.15) is 54.1 Å². The van der Waals surface area contributed by atoms with Gasteiger partial charge in [0.1, 0.15) is 17.7 Å². The highest BCUT2D eigenvalue weighted by molar-refractivity contribution is 6.00. The molecule has 0 spiro atoms. The van der Waals surface area contributed by atoms with E-state index >= 15 is 4.39 Å². The lowest BCUT2D eigenvalue weighted by atomic mass is 10.0. The number of halogens is 2. The molecule has 0 bridgehead atoms. The highest BCUT2D eigenvalue weighted by atomic mass is 19.1. The van der Waals surface area contributed by atoms with Gasteiger partial charge in [-0.3, -0.25) is 9.20 Å². The smallest absolute Gasteiger partial charge is 0.307 e. The molecule has 1 atom stereocenters. The molecule has 1 unspecified atom stereocenters. The summed E-state index contributed by atoms with van der Waals surface area (Å²) >= 11 is 0. The second-order valence-corrected chi connectivity index (χ2v) is 10.4. The highest BCUT2D eigenvalue weighted by Gasteiger charge is 2.22. The van der Waals surface area contributed by atoms with Crippen LogP contribution in [-0.4, -0.2) is 66.2 Å².